The number of aryl methyl sites for hydroxylation is 2. The number of nitrogens with zero attached hydrogens (tertiary/aromatic N) is 1. The van der Waals surface area contributed by atoms with Crippen molar-refractivity contribution in [1.29, 1.82) is 0 Å². The van der Waals surface area contributed by atoms with E-state index in [-0.39, 0.29) is 0 Å². The summed E-state index contributed by atoms with van der Waals surface area (Å²) in [6.07, 6.45) is 5.24. The smallest absolute Gasteiger partial charge is 0.0237 e. The zero-order chi connectivity index (χ0) is 12.4. The van der Waals surface area contributed by atoms with Crippen LogP contribution in [-0.2, 0) is 19.4 Å². The Morgan fingerprint density at radius 2 is 2.17 bits per heavy atom. The van der Waals surface area contributed by atoms with E-state index < -0.39 is 0 Å². The maximum absolute atomic E-state index is 3.47. The monoisotopic (exact) mass is 244 g/mol. The van der Waals surface area contributed by atoms with Crippen molar-refractivity contribution < 1.29 is 0 Å². The second kappa shape index (κ2) is 5.41. The predicted octanol–water partition coefficient (Wildman–Crippen LogP) is 2.36. The molecule has 2 aliphatic rings. The fourth-order valence-corrected chi connectivity index (χ4v) is 3.41. The molecule has 18 heavy (non-hydrogen) atoms. The third kappa shape index (κ3) is 2.45. The van der Waals surface area contributed by atoms with Crippen LogP contribution in [-0.4, -0.2) is 30.6 Å². The van der Waals surface area contributed by atoms with Crippen molar-refractivity contribution in [3.63, 3.8) is 0 Å². The van der Waals surface area contributed by atoms with E-state index in [9.17, 15) is 0 Å². The first kappa shape index (κ1) is 12.2. The molecular formula is C16H24N2. The quantitative estimate of drug-likeness (QED) is 0.874. The van der Waals surface area contributed by atoms with Gasteiger partial charge in [0.1, 0.15) is 0 Å². The lowest BCUT2D eigenvalue weighted by atomic mass is 10.1. The van der Waals surface area contributed by atoms with Gasteiger partial charge in [0.05, 0.1) is 0 Å². The van der Waals surface area contributed by atoms with Gasteiger partial charge in [-0.15, -0.1) is 0 Å². The van der Waals surface area contributed by atoms with Gasteiger partial charge in [0, 0.05) is 19.1 Å². The maximum Gasteiger partial charge on any atom is 0.0237 e. The lowest BCUT2D eigenvalue weighted by molar-refractivity contribution is 0.210. The number of hydrogen-bond donors (Lipinski definition) is 1. The minimum absolute atomic E-state index is 0.739. The Balaban J connectivity index is 1.70. The Morgan fingerprint density at radius 3 is 2.94 bits per heavy atom. The molecule has 1 saturated heterocycles. The SMILES string of the molecule is CCN(Cc1ccc2c(c1)CCC2)C1CCNC1. The lowest BCUT2D eigenvalue weighted by Gasteiger charge is -2.27. The zero-order valence-corrected chi connectivity index (χ0v) is 11.4. The van der Waals surface area contributed by atoms with Gasteiger partial charge >= 0.3 is 0 Å². The van der Waals surface area contributed by atoms with E-state index in [2.05, 4.69) is 35.3 Å². The van der Waals surface area contributed by atoms with E-state index in [1.807, 2.05) is 0 Å². The van der Waals surface area contributed by atoms with Crippen molar-refractivity contribution in [2.24, 2.45) is 0 Å². The van der Waals surface area contributed by atoms with Gasteiger partial charge in [-0.2, -0.15) is 0 Å². The second-order valence-corrected chi connectivity index (χ2v) is 5.67. The van der Waals surface area contributed by atoms with Gasteiger partial charge in [-0.3, -0.25) is 4.90 Å². The first-order valence-corrected chi connectivity index (χ1v) is 7.42. The van der Waals surface area contributed by atoms with Crippen molar-refractivity contribution in [3.8, 4) is 0 Å². The fraction of sp³-hybridized carbons (Fsp3) is 0.625. The van der Waals surface area contributed by atoms with Crippen LogP contribution in [0.2, 0.25) is 0 Å². The molecule has 1 atom stereocenters. The van der Waals surface area contributed by atoms with Crippen LogP contribution in [0.3, 0.4) is 0 Å². The summed E-state index contributed by atoms with van der Waals surface area (Å²) in [6.45, 7) is 6.91. The largest absolute Gasteiger partial charge is 0.315 e. The third-order valence-corrected chi connectivity index (χ3v) is 4.51. The van der Waals surface area contributed by atoms with Crippen molar-refractivity contribution >= 4 is 0 Å². The van der Waals surface area contributed by atoms with Gasteiger partial charge in [-0.05, 0) is 55.5 Å². The van der Waals surface area contributed by atoms with Crippen LogP contribution >= 0.6 is 0 Å². The van der Waals surface area contributed by atoms with Crippen LogP contribution in [0.15, 0.2) is 18.2 Å². The molecule has 1 unspecified atom stereocenters. The third-order valence-electron chi connectivity index (χ3n) is 4.51. The molecular weight excluding hydrogens is 220 g/mol. The zero-order valence-electron chi connectivity index (χ0n) is 11.4. The molecule has 1 aromatic rings. The summed E-state index contributed by atoms with van der Waals surface area (Å²) in [5.74, 6) is 0. The number of rotatable bonds is 4. The summed E-state index contributed by atoms with van der Waals surface area (Å²) in [4.78, 5) is 2.62. The highest BCUT2D eigenvalue weighted by molar-refractivity contribution is 5.35. The molecule has 0 saturated carbocycles. The topological polar surface area (TPSA) is 15.3 Å². The van der Waals surface area contributed by atoms with E-state index in [1.54, 1.807) is 11.1 Å². The molecule has 1 fully saturated rings. The highest BCUT2D eigenvalue weighted by Crippen LogP contribution is 2.24. The summed E-state index contributed by atoms with van der Waals surface area (Å²) < 4.78 is 0. The molecule has 2 nitrogen and oxygen atoms in total. The molecule has 1 aliphatic heterocycles. The highest BCUT2D eigenvalue weighted by atomic mass is 15.2. The molecule has 1 aliphatic carbocycles. The first-order valence-electron chi connectivity index (χ1n) is 7.42. The van der Waals surface area contributed by atoms with Crippen molar-refractivity contribution in [2.45, 2.75) is 45.2 Å². The summed E-state index contributed by atoms with van der Waals surface area (Å²) in [5.41, 5.74) is 4.70. The van der Waals surface area contributed by atoms with Crippen LogP contribution < -0.4 is 5.32 Å². The van der Waals surface area contributed by atoms with Crippen molar-refractivity contribution in [1.82, 2.24) is 10.2 Å². The molecule has 2 heteroatoms. The molecule has 3 rings (SSSR count). The van der Waals surface area contributed by atoms with E-state index in [0.717, 1.165) is 19.1 Å². The molecule has 0 amide bonds. The van der Waals surface area contributed by atoms with Crippen molar-refractivity contribution in [2.75, 3.05) is 19.6 Å². The molecule has 98 valence electrons. The Morgan fingerprint density at radius 1 is 1.28 bits per heavy atom. The molecule has 0 spiro atoms. The normalized spacial score (nSPS) is 22.7. The maximum atomic E-state index is 3.47. The number of hydrogen-bond acceptors (Lipinski definition) is 2. The van der Waals surface area contributed by atoms with Crippen LogP contribution in [0.4, 0.5) is 0 Å². The van der Waals surface area contributed by atoms with Gasteiger partial charge in [0.25, 0.3) is 0 Å². The van der Waals surface area contributed by atoms with Crippen molar-refractivity contribution in [3.05, 3.63) is 34.9 Å². The van der Waals surface area contributed by atoms with Gasteiger partial charge in [0.2, 0.25) is 0 Å². The van der Waals surface area contributed by atoms with Gasteiger partial charge < -0.3 is 5.32 Å². The summed E-state index contributed by atoms with van der Waals surface area (Å²) in [6, 6.07) is 7.89. The van der Waals surface area contributed by atoms with Crippen LogP contribution in [0.5, 0.6) is 0 Å². The fourth-order valence-electron chi connectivity index (χ4n) is 3.41. The van der Waals surface area contributed by atoms with E-state index in [1.165, 1.54) is 44.3 Å². The Hall–Kier alpha value is -0.860. The number of likely N-dealkylation sites (N-methyl/N-ethyl adjacent to an activating group) is 1. The average molecular weight is 244 g/mol. The minimum Gasteiger partial charge on any atom is -0.315 e. The minimum atomic E-state index is 0.739. The summed E-state index contributed by atoms with van der Waals surface area (Å²) >= 11 is 0. The van der Waals surface area contributed by atoms with Crippen LogP contribution in [0.25, 0.3) is 0 Å². The standard InChI is InChI=1S/C16H24N2/c1-2-18(16-8-9-17-11-16)12-13-6-7-14-4-3-5-15(14)10-13/h6-7,10,16-17H,2-5,8-9,11-12H2,1H3. The van der Waals surface area contributed by atoms with Gasteiger partial charge in [0.15, 0.2) is 0 Å². The first-order chi connectivity index (χ1) is 8.86. The van der Waals surface area contributed by atoms with E-state index in [0.29, 0.717) is 0 Å². The van der Waals surface area contributed by atoms with E-state index in [4.69, 9.17) is 0 Å². The molecule has 1 aromatic carbocycles. The Labute approximate surface area is 110 Å². The molecule has 0 bridgehead atoms. The van der Waals surface area contributed by atoms with Crippen LogP contribution in [0, 0.1) is 0 Å². The molecule has 0 aromatic heterocycles. The highest BCUT2D eigenvalue weighted by Gasteiger charge is 2.21. The number of benzene rings is 1. The number of nitrogens with one attached hydrogen (secondary N) is 1. The van der Waals surface area contributed by atoms with Gasteiger partial charge in [-0.1, -0.05) is 25.1 Å². The average Bonchev–Trinajstić information content (AvgIpc) is 3.06. The Bertz CT molecular complexity index is 408. The summed E-state index contributed by atoms with van der Waals surface area (Å²) in [5, 5.41) is 3.47. The van der Waals surface area contributed by atoms with Crippen LogP contribution in [0.1, 0.15) is 36.5 Å². The van der Waals surface area contributed by atoms with Gasteiger partial charge in [-0.25, -0.2) is 0 Å². The molecule has 0 radical (unpaired) electrons. The number of fused-ring (bicyclic) bond motifs is 1. The Kier molecular flexibility index (Phi) is 3.67. The molecule has 1 N–H and O–H groups in total. The predicted molar refractivity (Wildman–Crippen MR) is 75.8 cm³/mol. The lowest BCUT2D eigenvalue weighted by Crippen LogP contribution is -2.36. The second-order valence-electron chi connectivity index (χ2n) is 5.67. The van der Waals surface area contributed by atoms with E-state index >= 15 is 0 Å². The summed E-state index contributed by atoms with van der Waals surface area (Å²) in [7, 11) is 0. The molecule has 1 heterocycles.